The molecule has 0 fully saturated rings. The van der Waals surface area contributed by atoms with E-state index in [0.29, 0.717) is 0 Å². The highest BCUT2D eigenvalue weighted by Crippen LogP contribution is 2.24. The lowest BCUT2D eigenvalue weighted by Gasteiger charge is -2.17. The first-order chi connectivity index (χ1) is 9.49. The maximum Gasteiger partial charge on any atom is 0.124 e. The van der Waals surface area contributed by atoms with Gasteiger partial charge in [-0.3, -0.25) is 9.58 Å². The Morgan fingerprint density at radius 1 is 1.20 bits per heavy atom. The first kappa shape index (κ1) is 14.5. The van der Waals surface area contributed by atoms with Crippen molar-refractivity contribution in [3.8, 4) is 5.75 Å². The number of nitrogens with zero attached hydrogens (tertiary/aromatic N) is 4. The number of hydrogen-bond donors (Lipinski definition) is 0. The molecule has 2 rings (SSSR count). The fourth-order valence-corrected chi connectivity index (χ4v) is 2.57. The third kappa shape index (κ3) is 3.36. The normalized spacial score (nSPS) is 11.1. The van der Waals surface area contributed by atoms with E-state index in [4.69, 9.17) is 4.74 Å². The van der Waals surface area contributed by atoms with Gasteiger partial charge >= 0.3 is 0 Å². The van der Waals surface area contributed by atoms with Gasteiger partial charge in [0.15, 0.2) is 0 Å². The number of hydrogen-bond acceptors (Lipinski definition) is 4. The molecule has 0 saturated carbocycles. The fraction of sp³-hybridized carbons (Fsp3) is 0.467. The fourth-order valence-electron chi connectivity index (χ4n) is 2.57. The summed E-state index contributed by atoms with van der Waals surface area (Å²) in [7, 11) is 5.69. The molecule has 0 aliphatic carbocycles. The predicted molar refractivity (Wildman–Crippen MR) is 78.6 cm³/mol. The van der Waals surface area contributed by atoms with Crippen molar-refractivity contribution in [3.05, 3.63) is 40.7 Å². The highest BCUT2D eigenvalue weighted by atomic mass is 16.5. The van der Waals surface area contributed by atoms with Gasteiger partial charge in [-0.15, -0.1) is 5.10 Å². The lowest BCUT2D eigenvalue weighted by Crippen LogP contribution is -2.17. The van der Waals surface area contributed by atoms with Crippen molar-refractivity contribution in [2.24, 2.45) is 7.05 Å². The largest absolute Gasteiger partial charge is 0.496 e. The molecule has 108 valence electrons. The standard InChI is InChI=1S/C15H22N4O/c1-11-6-13(7-12(2)15(11)20-5)8-18(3)9-14-10-19(4)17-16-14/h6-7,10H,8-9H2,1-5H3. The van der Waals surface area contributed by atoms with Crippen LogP contribution in [0.3, 0.4) is 0 Å². The average Bonchev–Trinajstić information content (AvgIpc) is 2.74. The summed E-state index contributed by atoms with van der Waals surface area (Å²) in [6, 6.07) is 4.36. The Bertz CT molecular complexity index is 568. The van der Waals surface area contributed by atoms with E-state index < -0.39 is 0 Å². The van der Waals surface area contributed by atoms with E-state index in [1.165, 1.54) is 16.7 Å². The van der Waals surface area contributed by atoms with Crippen LogP contribution in [0.5, 0.6) is 5.75 Å². The molecule has 0 bridgehead atoms. The molecule has 20 heavy (non-hydrogen) atoms. The van der Waals surface area contributed by atoms with E-state index >= 15 is 0 Å². The van der Waals surface area contributed by atoms with E-state index in [0.717, 1.165) is 24.5 Å². The lowest BCUT2D eigenvalue weighted by atomic mass is 10.1. The van der Waals surface area contributed by atoms with Crippen molar-refractivity contribution in [3.63, 3.8) is 0 Å². The van der Waals surface area contributed by atoms with Crippen LogP contribution >= 0.6 is 0 Å². The molecular weight excluding hydrogens is 252 g/mol. The molecule has 1 aromatic carbocycles. The van der Waals surface area contributed by atoms with Crippen LogP contribution in [0.2, 0.25) is 0 Å². The van der Waals surface area contributed by atoms with Crippen LogP contribution in [-0.2, 0) is 20.1 Å². The number of rotatable bonds is 5. The second-order valence-electron chi connectivity index (χ2n) is 5.32. The van der Waals surface area contributed by atoms with Gasteiger partial charge in [-0.2, -0.15) is 0 Å². The number of aromatic nitrogens is 3. The van der Waals surface area contributed by atoms with E-state index in [1.807, 2.05) is 13.2 Å². The average molecular weight is 274 g/mol. The van der Waals surface area contributed by atoms with Crippen LogP contribution in [-0.4, -0.2) is 34.1 Å². The molecule has 2 aromatic rings. The Kier molecular flexibility index (Phi) is 4.39. The second kappa shape index (κ2) is 6.05. The summed E-state index contributed by atoms with van der Waals surface area (Å²) in [5, 5.41) is 8.06. The zero-order chi connectivity index (χ0) is 14.7. The highest BCUT2D eigenvalue weighted by molar-refractivity contribution is 5.43. The SMILES string of the molecule is COc1c(C)cc(CN(C)Cc2cn(C)nn2)cc1C. The minimum Gasteiger partial charge on any atom is -0.496 e. The van der Waals surface area contributed by atoms with Crippen LogP contribution in [0.4, 0.5) is 0 Å². The van der Waals surface area contributed by atoms with Gasteiger partial charge in [0.25, 0.3) is 0 Å². The van der Waals surface area contributed by atoms with Gasteiger partial charge in [0.1, 0.15) is 5.75 Å². The van der Waals surface area contributed by atoms with Crippen molar-refractivity contribution >= 4 is 0 Å². The Morgan fingerprint density at radius 2 is 1.85 bits per heavy atom. The summed E-state index contributed by atoms with van der Waals surface area (Å²) in [4.78, 5) is 2.23. The van der Waals surface area contributed by atoms with Crippen molar-refractivity contribution < 1.29 is 4.74 Å². The molecule has 0 unspecified atom stereocenters. The molecule has 5 nitrogen and oxygen atoms in total. The van der Waals surface area contributed by atoms with Crippen LogP contribution in [0, 0.1) is 13.8 Å². The molecule has 5 heteroatoms. The molecule has 0 amide bonds. The zero-order valence-electron chi connectivity index (χ0n) is 12.8. The smallest absolute Gasteiger partial charge is 0.124 e. The van der Waals surface area contributed by atoms with Gasteiger partial charge in [-0.1, -0.05) is 17.3 Å². The van der Waals surface area contributed by atoms with Gasteiger partial charge in [-0.25, -0.2) is 0 Å². The second-order valence-corrected chi connectivity index (χ2v) is 5.32. The quantitative estimate of drug-likeness (QED) is 0.837. The van der Waals surface area contributed by atoms with E-state index in [1.54, 1.807) is 11.8 Å². The maximum absolute atomic E-state index is 5.40. The number of ether oxygens (including phenoxy) is 1. The number of methoxy groups -OCH3 is 1. The summed E-state index contributed by atoms with van der Waals surface area (Å²) < 4.78 is 7.13. The van der Waals surface area contributed by atoms with Crippen molar-refractivity contribution in [1.82, 2.24) is 19.9 Å². The molecule has 0 aliphatic heterocycles. The van der Waals surface area contributed by atoms with Gasteiger partial charge in [-0.05, 0) is 37.6 Å². The molecular formula is C15H22N4O. The molecule has 0 saturated heterocycles. The first-order valence-electron chi connectivity index (χ1n) is 6.67. The lowest BCUT2D eigenvalue weighted by molar-refractivity contribution is 0.314. The van der Waals surface area contributed by atoms with Crippen LogP contribution < -0.4 is 4.74 Å². The molecule has 0 atom stereocenters. The Labute approximate surface area is 120 Å². The summed E-state index contributed by atoms with van der Waals surface area (Å²) in [5.74, 6) is 0.977. The third-order valence-electron chi connectivity index (χ3n) is 3.26. The van der Waals surface area contributed by atoms with Gasteiger partial charge in [0.2, 0.25) is 0 Å². The summed E-state index contributed by atoms with van der Waals surface area (Å²) in [6.45, 7) is 5.83. The summed E-state index contributed by atoms with van der Waals surface area (Å²) in [6.07, 6.45) is 1.95. The molecule has 1 aromatic heterocycles. The molecule has 0 N–H and O–H groups in total. The highest BCUT2D eigenvalue weighted by Gasteiger charge is 2.08. The van der Waals surface area contributed by atoms with Crippen molar-refractivity contribution in [2.75, 3.05) is 14.2 Å². The van der Waals surface area contributed by atoms with Crippen molar-refractivity contribution in [1.29, 1.82) is 0 Å². The third-order valence-corrected chi connectivity index (χ3v) is 3.26. The van der Waals surface area contributed by atoms with Crippen LogP contribution in [0.1, 0.15) is 22.4 Å². The monoisotopic (exact) mass is 274 g/mol. The summed E-state index contributed by atoms with van der Waals surface area (Å²) >= 11 is 0. The van der Waals surface area contributed by atoms with Gasteiger partial charge in [0.05, 0.1) is 12.8 Å². The topological polar surface area (TPSA) is 43.2 Å². The molecule has 0 radical (unpaired) electrons. The number of aryl methyl sites for hydroxylation is 3. The Balaban J connectivity index is 2.06. The van der Waals surface area contributed by atoms with Gasteiger partial charge < -0.3 is 4.74 Å². The predicted octanol–water partition coefficient (Wildman–Crippen LogP) is 2.07. The molecule has 0 spiro atoms. The van der Waals surface area contributed by atoms with Crippen LogP contribution in [0.25, 0.3) is 0 Å². The summed E-state index contributed by atoms with van der Waals surface area (Å²) in [5.41, 5.74) is 4.62. The molecule has 0 aliphatic rings. The maximum atomic E-state index is 5.40. The zero-order valence-corrected chi connectivity index (χ0v) is 12.8. The van der Waals surface area contributed by atoms with Crippen molar-refractivity contribution in [2.45, 2.75) is 26.9 Å². The number of benzene rings is 1. The van der Waals surface area contributed by atoms with Crippen LogP contribution in [0.15, 0.2) is 18.3 Å². The van der Waals surface area contributed by atoms with E-state index in [2.05, 4.69) is 48.2 Å². The van der Waals surface area contributed by atoms with Gasteiger partial charge in [0, 0.05) is 26.3 Å². The molecule has 1 heterocycles. The first-order valence-corrected chi connectivity index (χ1v) is 6.67. The Hall–Kier alpha value is -1.88. The minimum absolute atomic E-state index is 0.790. The minimum atomic E-state index is 0.790. The van der Waals surface area contributed by atoms with E-state index in [-0.39, 0.29) is 0 Å². The Morgan fingerprint density at radius 3 is 2.35 bits per heavy atom. The van der Waals surface area contributed by atoms with E-state index in [9.17, 15) is 0 Å².